The van der Waals surface area contributed by atoms with Crippen LogP contribution in [0, 0.1) is 0 Å². The Hall–Kier alpha value is -2.11. The van der Waals surface area contributed by atoms with E-state index in [2.05, 4.69) is 67.8 Å². The van der Waals surface area contributed by atoms with E-state index in [1.807, 2.05) is 6.08 Å². The Labute approximate surface area is 487 Å². The van der Waals surface area contributed by atoms with Crippen molar-refractivity contribution in [2.45, 2.75) is 365 Å². The van der Waals surface area contributed by atoms with Gasteiger partial charge in [-0.05, 0) is 77.0 Å². The highest BCUT2D eigenvalue weighted by atomic mass is 16.7. The summed E-state index contributed by atoms with van der Waals surface area (Å²) in [5, 5.41) is 54.7. The largest absolute Gasteiger partial charge is 0.394 e. The third-order valence-corrected chi connectivity index (χ3v) is 16.0. The Balaban J connectivity index is 2.16. The molecule has 0 aromatic carbocycles. The fraction of sp³-hybridized carbons (Fsp3) is 0.843. The normalized spacial score (nSPS) is 18.9. The number of unbranched alkanes of at least 4 members (excludes halogenated alkanes) is 41. The minimum absolute atomic E-state index is 0.187. The van der Waals surface area contributed by atoms with Gasteiger partial charge in [-0.25, -0.2) is 0 Å². The molecule has 9 heteroatoms. The molecule has 0 aliphatic carbocycles. The number of nitrogens with one attached hydrogen (secondary N) is 1. The average Bonchev–Trinajstić information content (AvgIpc) is 3.47. The van der Waals surface area contributed by atoms with Crippen LogP contribution in [0.25, 0.3) is 0 Å². The van der Waals surface area contributed by atoms with Crippen LogP contribution >= 0.6 is 0 Å². The number of aliphatic hydroxyl groups is 5. The number of rotatable bonds is 59. The molecule has 1 heterocycles. The van der Waals surface area contributed by atoms with Gasteiger partial charge in [-0.1, -0.05) is 299 Å². The molecule has 1 aliphatic heterocycles. The molecule has 1 saturated heterocycles. The average molecular weight is 1110 g/mol. The molecule has 0 aromatic rings. The van der Waals surface area contributed by atoms with E-state index in [0.29, 0.717) is 6.42 Å². The number of allylic oxidation sites excluding steroid dienone is 9. The Bertz CT molecular complexity index is 1430. The van der Waals surface area contributed by atoms with Crippen LogP contribution in [-0.4, -0.2) is 87.5 Å². The summed E-state index contributed by atoms with van der Waals surface area (Å²) in [4.78, 5) is 13.1. The second-order valence-electron chi connectivity index (χ2n) is 23.6. The van der Waals surface area contributed by atoms with Crippen LogP contribution in [0.1, 0.15) is 322 Å². The van der Waals surface area contributed by atoms with Crippen molar-refractivity contribution in [3.63, 3.8) is 0 Å². The predicted molar refractivity (Wildman–Crippen MR) is 336 cm³/mol. The number of aliphatic hydroxyl groups excluding tert-OH is 5. The molecule has 1 amide bonds. The predicted octanol–water partition coefficient (Wildman–Crippen LogP) is 18.2. The molecule has 79 heavy (non-hydrogen) atoms. The Morgan fingerprint density at radius 3 is 1.14 bits per heavy atom. The maximum absolute atomic E-state index is 13.1. The zero-order chi connectivity index (χ0) is 57.2. The third kappa shape index (κ3) is 48.0. The molecule has 0 spiro atoms. The molecule has 0 bridgehead atoms. The lowest BCUT2D eigenvalue weighted by Crippen LogP contribution is -2.60. The lowest BCUT2D eigenvalue weighted by atomic mass is 9.99. The molecule has 7 atom stereocenters. The minimum Gasteiger partial charge on any atom is -0.394 e. The van der Waals surface area contributed by atoms with Gasteiger partial charge in [0, 0.05) is 6.42 Å². The van der Waals surface area contributed by atoms with Crippen LogP contribution in [-0.2, 0) is 14.3 Å². The van der Waals surface area contributed by atoms with Crippen molar-refractivity contribution in [2.24, 2.45) is 0 Å². The number of carbonyl (C=O) groups excluding carboxylic acids is 1. The second-order valence-corrected chi connectivity index (χ2v) is 23.6. The first-order valence-electron chi connectivity index (χ1n) is 34.0. The first-order valence-corrected chi connectivity index (χ1v) is 34.0. The lowest BCUT2D eigenvalue weighted by Gasteiger charge is -2.40. The smallest absolute Gasteiger partial charge is 0.220 e. The summed E-state index contributed by atoms with van der Waals surface area (Å²) in [6.45, 7) is 3.79. The maximum atomic E-state index is 13.1. The van der Waals surface area contributed by atoms with Gasteiger partial charge in [-0.15, -0.1) is 0 Å². The standard InChI is InChI=1S/C70H129NO8/c1-3-5-7-9-11-13-15-17-19-21-23-25-27-28-29-30-31-32-33-34-35-36-38-40-42-44-46-48-50-52-54-56-58-60-66(74)71-63(62-78-70-69(77)68(76)67(75)65(61-72)79-70)64(73)59-57-55-53-51-49-47-45-43-41-39-37-26-24-22-20-18-16-14-12-10-8-6-4-2/h23,25,28-29,41,43,49,51,57,59,63-65,67-70,72-73,75-77H,3-22,24,26-27,30-40,42,44-48,50,52-56,58,60-62H2,1-2H3,(H,71,74)/b25-23-,29-28-,43-41+,51-49+,59-57+. The van der Waals surface area contributed by atoms with Gasteiger partial charge in [0.25, 0.3) is 0 Å². The van der Waals surface area contributed by atoms with Gasteiger partial charge >= 0.3 is 0 Å². The van der Waals surface area contributed by atoms with Crippen molar-refractivity contribution in [3.05, 3.63) is 60.8 Å². The zero-order valence-corrected chi connectivity index (χ0v) is 51.6. The number of hydrogen-bond donors (Lipinski definition) is 6. The van der Waals surface area contributed by atoms with Gasteiger partial charge in [0.1, 0.15) is 24.4 Å². The summed E-state index contributed by atoms with van der Waals surface area (Å²) in [6, 6.07) is -0.831. The van der Waals surface area contributed by atoms with E-state index < -0.39 is 49.5 Å². The first-order chi connectivity index (χ1) is 38.8. The van der Waals surface area contributed by atoms with Crippen LogP contribution in [0.5, 0.6) is 0 Å². The third-order valence-electron chi connectivity index (χ3n) is 16.0. The number of ether oxygens (including phenoxy) is 2. The van der Waals surface area contributed by atoms with Crippen LogP contribution in [0.2, 0.25) is 0 Å². The Kier molecular flexibility index (Phi) is 56.0. The van der Waals surface area contributed by atoms with E-state index in [9.17, 15) is 30.3 Å². The summed E-state index contributed by atoms with van der Waals surface area (Å²) in [5.74, 6) is -0.187. The number of amides is 1. The highest BCUT2D eigenvalue weighted by molar-refractivity contribution is 5.76. The molecule has 7 unspecified atom stereocenters. The second kappa shape index (κ2) is 59.1. The van der Waals surface area contributed by atoms with Crippen LogP contribution in [0.4, 0.5) is 0 Å². The van der Waals surface area contributed by atoms with Crippen LogP contribution < -0.4 is 5.32 Å². The monoisotopic (exact) mass is 1110 g/mol. The van der Waals surface area contributed by atoms with E-state index >= 15 is 0 Å². The minimum atomic E-state index is -1.58. The molecular weight excluding hydrogens is 983 g/mol. The first kappa shape index (κ1) is 74.9. The van der Waals surface area contributed by atoms with Gasteiger partial charge in [-0.2, -0.15) is 0 Å². The quantitative estimate of drug-likeness (QED) is 0.0261. The molecule has 1 rings (SSSR count). The van der Waals surface area contributed by atoms with Crippen molar-refractivity contribution in [1.82, 2.24) is 5.32 Å². The topological polar surface area (TPSA) is 149 Å². The molecular formula is C70H129NO8. The van der Waals surface area contributed by atoms with E-state index in [1.165, 1.54) is 250 Å². The molecule has 1 aliphatic rings. The van der Waals surface area contributed by atoms with E-state index in [1.54, 1.807) is 6.08 Å². The molecule has 0 saturated carbocycles. The van der Waals surface area contributed by atoms with Crippen LogP contribution in [0.3, 0.4) is 0 Å². The highest BCUT2D eigenvalue weighted by Crippen LogP contribution is 2.23. The Morgan fingerprint density at radius 1 is 0.430 bits per heavy atom. The lowest BCUT2D eigenvalue weighted by molar-refractivity contribution is -0.302. The number of hydrogen-bond acceptors (Lipinski definition) is 8. The maximum Gasteiger partial charge on any atom is 0.220 e. The number of carbonyl (C=O) groups is 1. The summed E-state index contributed by atoms with van der Waals surface area (Å²) >= 11 is 0. The van der Waals surface area contributed by atoms with E-state index in [0.717, 1.165) is 51.4 Å². The molecule has 0 aromatic heterocycles. The van der Waals surface area contributed by atoms with Crippen molar-refractivity contribution in [3.8, 4) is 0 Å². The van der Waals surface area contributed by atoms with Crippen molar-refractivity contribution >= 4 is 5.91 Å². The van der Waals surface area contributed by atoms with Gasteiger partial charge in [0.15, 0.2) is 6.29 Å². The van der Waals surface area contributed by atoms with Gasteiger partial charge < -0.3 is 40.3 Å². The van der Waals surface area contributed by atoms with Crippen LogP contribution in [0.15, 0.2) is 60.8 Å². The molecule has 1 fully saturated rings. The Morgan fingerprint density at radius 2 is 0.759 bits per heavy atom. The highest BCUT2D eigenvalue weighted by Gasteiger charge is 2.44. The summed E-state index contributed by atoms with van der Waals surface area (Å²) < 4.78 is 11.3. The molecule has 462 valence electrons. The summed E-state index contributed by atoms with van der Waals surface area (Å²) in [7, 11) is 0. The summed E-state index contributed by atoms with van der Waals surface area (Å²) in [6.07, 6.45) is 74.7. The SMILES string of the molecule is CCCCCCCCCCC/C=C\C/C=C\CCCCCCCCCCCCCCCCCCCC(=O)NC(COC1OC(CO)C(O)C(O)C1O)C(O)/C=C/CC/C=C/CC/C=C/CCCCCCCCCCCCCCC. The molecule has 6 N–H and O–H groups in total. The fourth-order valence-electron chi connectivity index (χ4n) is 10.7. The van der Waals surface area contributed by atoms with Crippen molar-refractivity contribution < 1.29 is 39.8 Å². The van der Waals surface area contributed by atoms with Crippen molar-refractivity contribution in [1.29, 1.82) is 0 Å². The van der Waals surface area contributed by atoms with Gasteiger partial charge in [0.05, 0.1) is 25.4 Å². The van der Waals surface area contributed by atoms with E-state index in [4.69, 9.17) is 9.47 Å². The van der Waals surface area contributed by atoms with Crippen molar-refractivity contribution in [2.75, 3.05) is 13.2 Å². The van der Waals surface area contributed by atoms with Gasteiger partial charge in [-0.3, -0.25) is 4.79 Å². The summed E-state index contributed by atoms with van der Waals surface area (Å²) in [5.41, 5.74) is 0. The van der Waals surface area contributed by atoms with E-state index in [-0.39, 0.29) is 12.5 Å². The fourth-order valence-corrected chi connectivity index (χ4v) is 10.7. The van der Waals surface area contributed by atoms with Gasteiger partial charge in [0.2, 0.25) is 5.91 Å². The molecule has 0 radical (unpaired) electrons. The molecule has 9 nitrogen and oxygen atoms in total. The zero-order valence-electron chi connectivity index (χ0n) is 51.6.